The molecule has 1 unspecified atom stereocenters. The Kier molecular flexibility index (Phi) is 6.17. The molecule has 1 aliphatic carbocycles. The number of rotatable bonds is 7. The number of aromatic nitrogens is 2. The third-order valence-corrected chi connectivity index (χ3v) is 5.89. The van der Waals surface area contributed by atoms with E-state index < -0.39 is 11.9 Å². The Morgan fingerprint density at radius 1 is 1.34 bits per heavy atom. The number of hydrogen-bond acceptors (Lipinski definition) is 7. The quantitative estimate of drug-likeness (QED) is 0.505. The first-order valence-corrected chi connectivity index (χ1v) is 11.0. The lowest BCUT2D eigenvalue weighted by Crippen LogP contribution is -2.40. The minimum absolute atomic E-state index is 0.0446. The van der Waals surface area contributed by atoms with E-state index in [1.54, 1.807) is 19.4 Å². The van der Waals surface area contributed by atoms with E-state index in [-0.39, 0.29) is 24.4 Å². The minimum atomic E-state index is -0.544. The number of nitrogens with one attached hydrogen (secondary N) is 1. The van der Waals surface area contributed by atoms with Crippen molar-refractivity contribution in [1.82, 2.24) is 14.7 Å². The lowest BCUT2D eigenvalue weighted by molar-refractivity contribution is -0.139. The molecule has 2 aliphatic rings. The average Bonchev–Trinajstić information content (AvgIpc) is 3.20. The van der Waals surface area contributed by atoms with Gasteiger partial charge >= 0.3 is 5.97 Å². The second-order valence-corrected chi connectivity index (χ2v) is 9.03. The second-order valence-electron chi connectivity index (χ2n) is 9.03. The maximum atomic E-state index is 13.4. The van der Waals surface area contributed by atoms with Gasteiger partial charge in [0.15, 0.2) is 5.78 Å². The summed E-state index contributed by atoms with van der Waals surface area (Å²) in [5, 5.41) is 3.37. The van der Waals surface area contributed by atoms with Crippen molar-refractivity contribution in [1.29, 1.82) is 0 Å². The lowest BCUT2D eigenvalue weighted by Gasteiger charge is -2.40. The Labute approximate surface area is 187 Å². The molecule has 170 valence electrons. The van der Waals surface area contributed by atoms with Gasteiger partial charge in [-0.2, -0.15) is 0 Å². The summed E-state index contributed by atoms with van der Waals surface area (Å²) in [6, 6.07) is 3.89. The highest BCUT2D eigenvalue weighted by Gasteiger charge is 2.44. The molecule has 0 amide bonds. The van der Waals surface area contributed by atoms with Gasteiger partial charge in [0.2, 0.25) is 0 Å². The number of allylic oxidation sites excluding steroid dienone is 2. The van der Waals surface area contributed by atoms with Crippen molar-refractivity contribution >= 4 is 17.3 Å². The summed E-state index contributed by atoms with van der Waals surface area (Å²) in [5.41, 5.74) is 9.70. The molecular weight excluding hydrogens is 408 g/mol. The second kappa shape index (κ2) is 8.88. The molecular formula is C24H30N4O4. The number of imidazole rings is 1. The summed E-state index contributed by atoms with van der Waals surface area (Å²) >= 11 is 0. The Morgan fingerprint density at radius 3 is 2.91 bits per heavy atom. The number of Topliss-reactive ketones (excluding diaryl/α,β-unsaturated/α-hetero) is 1. The molecule has 8 nitrogen and oxygen atoms in total. The van der Waals surface area contributed by atoms with Crippen LogP contribution in [-0.2, 0) is 19.1 Å². The van der Waals surface area contributed by atoms with Crippen LogP contribution in [-0.4, -0.2) is 47.5 Å². The maximum absolute atomic E-state index is 13.4. The predicted octanol–water partition coefficient (Wildman–Crippen LogP) is 2.46. The Morgan fingerprint density at radius 2 is 2.16 bits per heavy atom. The fourth-order valence-corrected chi connectivity index (χ4v) is 4.61. The molecule has 0 radical (unpaired) electrons. The van der Waals surface area contributed by atoms with Crippen LogP contribution in [0.2, 0.25) is 0 Å². The number of hydrogen-bond donors (Lipinski definition) is 2. The van der Waals surface area contributed by atoms with E-state index >= 15 is 0 Å². The number of pyridine rings is 1. The Bertz CT molecular complexity index is 1110. The van der Waals surface area contributed by atoms with Gasteiger partial charge in [-0.3, -0.25) is 4.79 Å². The van der Waals surface area contributed by atoms with Crippen LogP contribution < -0.4 is 11.1 Å². The van der Waals surface area contributed by atoms with Crippen molar-refractivity contribution in [2.75, 3.05) is 26.4 Å². The fraction of sp³-hybridized carbons (Fsp3) is 0.458. The molecule has 3 N–H and O–H groups in total. The Balaban J connectivity index is 1.89. The molecule has 0 bridgehead atoms. The van der Waals surface area contributed by atoms with Crippen LogP contribution in [0.3, 0.4) is 0 Å². The molecule has 0 saturated heterocycles. The van der Waals surface area contributed by atoms with Gasteiger partial charge in [-0.15, -0.1) is 0 Å². The number of dihydropyridines is 1. The normalized spacial score (nSPS) is 20.4. The number of esters is 1. The largest absolute Gasteiger partial charge is 0.463 e. The van der Waals surface area contributed by atoms with Crippen LogP contribution in [0.4, 0.5) is 0 Å². The van der Waals surface area contributed by atoms with Gasteiger partial charge in [0.1, 0.15) is 0 Å². The SMILES string of the molecule is CCOC(=O)C1=C(COCCN)NC2=C(C(=O)CC(C)(C)C2)C1c1ccc2cncn2c1. The first-order chi connectivity index (χ1) is 15.3. The molecule has 32 heavy (non-hydrogen) atoms. The van der Waals surface area contributed by atoms with Gasteiger partial charge in [-0.1, -0.05) is 19.9 Å². The molecule has 1 atom stereocenters. The highest BCUT2D eigenvalue weighted by Crippen LogP contribution is 2.46. The summed E-state index contributed by atoms with van der Waals surface area (Å²) in [6.07, 6.45) is 6.52. The standard InChI is InChI=1S/C24H30N4O4/c1-4-32-23(30)22-18(13-31-8-7-25)27-17-9-24(2,3)10-19(29)21(17)20(22)15-5-6-16-11-26-14-28(16)12-15/h5-6,11-12,14,20,27H,4,7-10,13,25H2,1-3H3. The van der Waals surface area contributed by atoms with Crippen LogP contribution >= 0.6 is 0 Å². The summed E-state index contributed by atoms with van der Waals surface area (Å²) in [6.45, 7) is 7.09. The highest BCUT2D eigenvalue weighted by molar-refractivity contribution is 6.04. The van der Waals surface area contributed by atoms with Gasteiger partial charge in [0, 0.05) is 36.4 Å². The molecule has 2 aromatic rings. The zero-order valence-electron chi connectivity index (χ0n) is 18.8. The van der Waals surface area contributed by atoms with Crippen LogP contribution in [0.5, 0.6) is 0 Å². The predicted molar refractivity (Wildman–Crippen MR) is 120 cm³/mol. The maximum Gasteiger partial charge on any atom is 0.336 e. The summed E-state index contributed by atoms with van der Waals surface area (Å²) in [5.74, 6) is -0.952. The van der Waals surface area contributed by atoms with Crippen LogP contribution in [0.25, 0.3) is 5.52 Å². The van der Waals surface area contributed by atoms with Crippen LogP contribution in [0.15, 0.2) is 53.4 Å². The monoisotopic (exact) mass is 438 g/mol. The molecule has 2 aromatic heterocycles. The average molecular weight is 439 g/mol. The van der Waals surface area contributed by atoms with E-state index in [2.05, 4.69) is 24.1 Å². The fourth-order valence-electron chi connectivity index (χ4n) is 4.61. The molecule has 1 aliphatic heterocycles. The molecule has 0 saturated carbocycles. The van der Waals surface area contributed by atoms with E-state index in [1.165, 1.54) is 0 Å². The van der Waals surface area contributed by atoms with E-state index in [0.717, 1.165) is 16.8 Å². The van der Waals surface area contributed by atoms with E-state index in [0.29, 0.717) is 42.8 Å². The number of ether oxygens (including phenoxy) is 2. The van der Waals surface area contributed by atoms with Gasteiger partial charge in [-0.05, 0) is 30.4 Å². The number of fused-ring (bicyclic) bond motifs is 1. The molecule has 4 rings (SSSR count). The van der Waals surface area contributed by atoms with Gasteiger partial charge < -0.3 is 24.9 Å². The minimum Gasteiger partial charge on any atom is -0.463 e. The van der Waals surface area contributed by atoms with Gasteiger partial charge in [0.25, 0.3) is 0 Å². The van der Waals surface area contributed by atoms with E-state index in [4.69, 9.17) is 15.2 Å². The number of carbonyl (C=O) groups is 2. The van der Waals surface area contributed by atoms with Crippen LogP contribution in [0.1, 0.15) is 45.1 Å². The van der Waals surface area contributed by atoms with Crippen molar-refractivity contribution in [3.8, 4) is 0 Å². The van der Waals surface area contributed by atoms with Crippen molar-refractivity contribution in [3.63, 3.8) is 0 Å². The first-order valence-electron chi connectivity index (χ1n) is 11.0. The van der Waals surface area contributed by atoms with E-state index in [1.807, 2.05) is 22.7 Å². The van der Waals surface area contributed by atoms with Crippen LogP contribution in [0, 0.1) is 5.41 Å². The van der Waals surface area contributed by atoms with Crippen molar-refractivity contribution in [2.24, 2.45) is 11.1 Å². The highest BCUT2D eigenvalue weighted by atomic mass is 16.5. The van der Waals surface area contributed by atoms with Crippen molar-refractivity contribution in [2.45, 2.75) is 39.5 Å². The van der Waals surface area contributed by atoms with Crippen molar-refractivity contribution in [3.05, 3.63) is 59.0 Å². The third kappa shape index (κ3) is 4.20. The van der Waals surface area contributed by atoms with Crippen molar-refractivity contribution < 1.29 is 19.1 Å². The molecule has 0 fully saturated rings. The zero-order chi connectivity index (χ0) is 22.9. The summed E-state index contributed by atoms with van der Waals surface area (Å²) in [4.78, 5) is 30.8. The molecule has 3 heterocycles. The number of ketones is 1. The molecule has 8 heteroatoms. The molecule has 0 spiro atoms. The zero-order valence-corrected chi connectivity index (χ0v) is 18.8. The first kappa shape index (κ1) is 22.2. The number of nitrogens with zero attached hydrogens (tertiary/aromatic N) is 2. The molecule has 0 aromatic carbocycles. The topological polar surface area (TPSA) is 108 Å². The van der Waals surface area contributed by atoms with Gasteiger partial charge in [0.05, 0.1) is 49.1 Å². The number of nitrogens with two attached hydrogens (primary N) is 1. The Hall–Kier alpha value is -2.97. The third-order valence-electron chi connectivity index (χ3n) is 5.89. The van der Waals surface area contributed by atoms with Gasteiger partial charge in [-0.25, -0.2) is 9.78 Å². The van der Waals surface area contributed by atoms with E-state index in [9.17, 15) is 9.59 Å². The lowest BCUT2D eigenvalue weighted by atomic mass is 9.68. The number of carbonyl (C=O) groups excluding carboxylic acids is 2. The summed E-state index contributed by atoms with van der Waals surface area (Å²) in [7, 11) is 0. The summed E-state index contributed by atoms with van der Waals surface area (Å²) < 4.78 is 13.0. The smallest absolute Gasteiger partial charge is 0.336 e.